The van der Waals surface area contributed by atoms with Crippen molar-refractivity contribution in [1.29, 1.82) is 0 Å². The molecule has 0 aliphatic carbocycles. The van der Waals surface area contributed by atoms with Crippen LogP contribution in [0.25, 0.3) is 28.8 Å². The number of carbonyl (C=O) groups is 2. The Morgan fingerprint density at radius 1 is 1.06 bits per heavy atom. The molecule has 0 amide bonds. The number of thioether (sulfide) groups is 1. The van der Waals surface area contributed by atoms with Crippen LogP contribution in [-0.4, -0.2) is 36.9 Å². The third-order valence-corrected chi connectivity index (χ3v) is 6.50. The molecule has 4 rings (SSSR count). The molecule has 0 atom stereocenters. The van der Waals surface area contributed by atoms with E-state index in [1.54, 1.807) is 28.8 Å². The van der Waals surface area contributed by atoms with Gasteiger partial charge >= 0.3 is 11.9 Å². The van der Waals surface area contributed by atoms with E-state index < -0.39 is 11.9 Å². The first kappa shape index (κ1) is 24.6. The number of rotatable bonds is 8. The lowest BCUT2D eigenvalue weighted by molar-refractivity contribution is -0.131. The van der Waals surface area contributed by atoms with Crippen LogP contribution in [0.15, 0.2) is 69.1 Å². The van der Waals surface area contributed by atoms with Crippen molar-refractivity contribution < 1.29 is 24.2 Å². The number of halogens is 2. The van der Waals surface area contributed by atoms with Crippen molar-refractivity contribution >= 4 is 53.0 Å². The Balaban J connectivity index is 1.65. The Bertz CT molecular complexity index is 1440. The lowest BCUT2D eigenvalue weighted by atomic mass is 10.1. The van der Waals surface area contributed by atoms with Crippen LogP contribution in [-0.2, 0) is 11.3 Å². The summed E-state index contributed by atoms with van der Waals surface area (Å²) in [6.07, 6.45) is 1.36. The second-order valence-corrected chi connectivity index (χ2v) is 9.03. The molecule has 0 aliphatic rings. The van der Waals surface area contributed by atoms with Crippen molar-refractivity contribution in [3.63, 3.8) is 0 Å². The van der Waals surface area contributed by atoms with Gasteiger partial charge in [0.2, 0.25) is 0 Å². The lowest BCUT2D eigenvalue weighted by Gasteiger charge is -2.07. The SMILES string of the molecule is CCn1c(S/C(=C\c2ccc(-c3cc(C(=O)O)ccc3Cl)o2)C(=O)O)nnc1-c1ccc(Cl)cc1. The van der Waals surface area contributed by atoms with Gasteiger partial charge in [0.05, 0.1) is 10.6 Å². The van der Waals surface area contributed by atoms with Crippen LogP contribution in [0.5, 0.6) is 0 Å². The highest BCUT2D eigenvalue weighted by Gasteiger charge is 2.19. The van der Waals surface area contributed by atoms with Crippen molar-refractivity contribution in [2.75, 3.05) is 0 Å². The molecule has 2 aromatic heterocycles. The lowest BCUT2D eigenvalue weighted by Crippen LogP contribution is -2.02. The Morgan fingerprint density at radius 3 is 2.46 bits per heavy atom. The average Bonchev–Trinajstić information content (AvgIpc) is 3.46. The Kier molecular flexibility index (Phi) is 7.30. The monoisotopic (exact) mass is 529 g/mol. The predicted octanol–water partition coefficient (Wildman–Crippen LogP) is 6.45. The number of carboxylic acids is 2. The van der Waals surface area contributed by atoms with Crippen molar-refractivity contribution in [2.24, 2.45) is 0 Å². The van der Waals surface area contributed by atoms with E-state index in [9.17, 15) is 19.8 Å². The van der Waals surface area contributed by atoms with Crippen molar-refractivity contribution in [1.82, 2.24) is 14.8 Å². The van der Waals surface area contributed by atoms with Crippen LogP contribution >= 0.6 is 35.0 Å². The highest BCUT2D eigenvalue weighted by molar-refractivity contribution is 8.04. The first-order chi connectivity index (χ1) is 16.8. The third-order valence-electron chi connectivity index (χ3n) is 4.93. The zero-order valence-corrected chi connectivity index (χ0v) is 20.4. The van der Waals surface area contributed by atoms with Gasteiger partial charge in [0, 0.05) is 28.8 Å². The summed E-state index contributed by atoms with van der Waals surface area (Å²) in [5.74, 6) is -1.12. The van der Waals surface area contributed by atoms with Crippen molar-refractivity contribution in [3.8, 4) is 22.7 Å². The van der Waals surface area contributed by atoms with E-state index in [4.69, 9.17) is 27.6 Å². The molecular formula is C24H17Cl2N3O5S. The number of aliphatic carboxylic acids is 1. The van der Waals surface area contributed by atoms with Gasteiger partial charge < -0.3 is 19.2 Å². The number of benzene rings is 2. The standard InChI is InChI=1S/C24H17Cl2N3O5S/c1-2-29-21(13-3-6-15(25)7-4-13)27-28-24(29)35-20(23(32)33)12-16-8-10-19(34-16)17-11-14(22(30)31)5-9-18(17)26/h3-12H,2H2,1H3,(H,30,31)(H,32,33)/b20-12-. The van der Waals surface area contributed by atoms with E-state index >= 15 is 0 Å². The molecule has 8 nitrogen and oxygen atoms in total. The fourth-order valence-electron chi connectivity index (χ4n) is 3.25. The van der Waals surface area contributed by atoms with E-state index in [0.717, 1.165) is 17.3 Å². The molecule has 0 spiro atoms. The fourth-order valence-corrected chi connectivity index (χ4v) is 4.45. The number of aromatic nitrogens is 3. The molecule has 2 heterocycles. The number of aromatic carboxylic acids is 1. The summed E-state index contributed by atoms with van der Waals surface area (Å²) in [6.45, 7) is 2.42. The highest BCUT2D eigenvalue weighted by Crippen LogP contribution is 2.34. The first-order valence-electron chi connectivity index (χ1n) is 10.2. The second-order valence-electron chi connectivity index (χ2n) is 7.17. The minimum Gasteiger partial charge on any atom is -0.478 e. The predicted molar refractivity (Wildman–Crippen MR) is 134 cm³/mol. The van der Waals surface area contributed by atoms with Crippen LogP contribution in [0, 0.1) is 0 Å². The maximum Gasteiger partial charge on any atom is 0.342 e. The summed E-state index contributed by atoms with van der Waals surface area (Å²) in [7, 11) is 0. The number of furan rings is 1. The van der Waals surface area contributed by atoms with Crippen molar-refractivity contribution in [3.05, 3.63) is 80.9 Å². The van der Waals surface area contributed by atoms with Gasteiger partial charge in [-0.15, -0.1) is 10.2 Å². The Hall–Kier alpha value is -3.53. The summed E-state index contributed by atoms with van der Waals surface area (Å²) >= 11 is 13.1. The topological polar surface area (TPSA) is 118 Å². The molecule has 0 aliphatic heterocycles. The van der Waals surface area contributed by atoms with E-state index in [2.05, 4.69) is 10.2 Å². The van der Waals surface area contributed by atoms with Crippen molar-refractivity contribution in [2.45, 2.75) is 18.6 Å². The summed E-state index contributed by atoms with van der Waals surface area (Å²) < 4.78 is 7.56. The minimum atomic E-state index is -1.17. The van der Waals surface area contributed by atoms with Crippen LogP contribution in [0.4, 0.5) is 0 Å². The summed E-state index contributed by atoms with van der Waals surface area (Å²) in [5, 5.41) is 28.7. The Morgan fingerprint density at radius 2 is 1.80 bits per heavy atom. The summed E-state index contributed by atoms with van der Waals surface area (Å²) in [6, 6.07) is 14.5. The number of hydrogen-bond acceptors (Lipinski definition) is 6. The molecule has 0 fully saturated rings. The minimum absolute atomic E-state index is 0.0407. The summed E-state index contributed by atoms with van der Waals surface area (Å²) in [4.78, 5) is 23.2. The largest absolute Gasteiger partial charge is 0.478 e. The van der Waals surface area contributed by atoms with Gasteiger partial charge in [-0.05, 0) is 73.3 Å². The quantitative estimate of drug-likeness (QED) is 0.197. The number of carboxylic acid groups (broad SMARTS) is 2. The summed E-state index contributed by atoms with van der Waals surface area (Å²) in [5.41, 5.74) is 1.23. The van der Waals surface area contributed by atoms with Crippen LogP contribution < -0.4 is 0 Å². The zero-order chi connectivity index (χ0) is 25.1. The van der Waals surface area contributed by atoms with Gasteiger partial charge in [0.25, 0.3) is 0 Å². The van der Waals surface area contributed by atoms with Gasteiger partial charge in [-0.25, -0.2) is 9.59 Å². The molecule has 4 aromatic rings. The molecule has 2 aromatic carbocycles. The fraction of sp³-hybridized carbons (Fsp3) is 0.0833. The molecule has 0 bridgehead atoms. The molecule has 11 heteroatoms. The maximum atomic E-state index is 12.0. The number of nitrogens with zero attached hydrogens (tertiary/aromatic N) is 3. The van der Waals surface area contributed by atoms with Crippen LogP contribution in [0.2, 0.25) is 10.0 Å². The molecular weight excluding hydrogens is 513 g/mol. The van der Waals surface area contributed by atoms with Gasteiger partial charge in [-0.3, -0.25) is 0 Å². The molecule has 0 saturated heterocycles. The molecule has 35 heavy (non-hydrogen) atoms. The molecule has 2 N–H and O–H groups in total. The molecule has 0 unspecified atom stereocenters. The van der Waals surface area contributed by atoms with E-state index in [1.807, 2.05) is 19.1 Å². The third kappa shape index (κ3) is 5.43. The highest BCUT2D eigenvalue weighted by atomic mass is 35.5. The zero-order valence-electron chi connectivity index (χ0n) is 18.1. The average molecular weight is 530 g/mol. The second kappa shape index (κ2) is 10.4. The van der Waals surface area contributed by atoms with Gasteiger partial charge in [0.1, 0.15) is 16.4 Å². The normalized spacial score (nSPS) is 11.6. The Labute approximate surface area is 213 Å². The van der Waals surface area contributed by atoms with Crippen LogP contribution in [0.1, 0.15) is 23.0 Å². The van der Waals surface area contributed by atoms with E-state index in [0.29, 0.717) is 38.9 Å². The molecule has 0 saturated carbocycles. The smallest absolute Gasteiger partial charge is 0.342 e. The van der Waals surface area contributed by atoms with E-state index in [1.165, 1.54) is 24.3 Å². The number of hydrogen-bond donors (Lipinski definition) is 2. The van der Waals surface area contributed by atoms with Gasteiger partial charge in [-0.1, -0.05) is 23.2 Å². The first-order valence-corrected chi connectivity index (χ1v) is 11.8. The molecule has 0 radical (unpaired) electrons. The molecule has 178 valence electrons. The van der Waals surface area contributed by atoms with Gasteiger partial charge in [-0.2, -0.15) is 0 Å². The van der Waals surface area contributed by atoms with Gasteiger partial charge in [0.15, 0.2) is 11.0 Å². The van der Waals surface area contributed by atoms with Crippen LogP contribution in [0.3, 0.4) is 0 Å². The van der Waals surface area contributed by atoms with E-state index in [-0.39, 0.29) is 16.2 Å². The maximum absolute atomic E-state index is 12.0.